The zero-order valence-corrected chi connectivity index (χ0v) is 11.8. The van der Waals surface area contributed by atoms with Crippen molar-refractivity contribution in [2.45, 2.75) is 25.6 Å². The van der Waals surface area contributed by atoms with Crippen LogP contribution in [0.2, 0.25) is 0 Å². The van der Waals surface area contributed by atoms with E-state index in [9.17, 15) is 19.0 Å². The summed E-state index contributed by atoms with van der Waals surface area (Å²) in [6.07, 6.45) is 1.35. The van der Waals surface area contributed by atoms with Gasteiger partial charge in [-0.25, -0.2) is 0 Å². The van der Waals surface area contributed by atoms with E-state index >= 15 is 0 Å². The Bertz CT molecular complexity index is 427. The summed E-state index contributed by atoms with van der Waals surface area (Å²) in [4.78, 5) is 2.12. The second-order valence-electron chi connectivity index (χ2n) is 5.41. The van der Waals surface area contributed by atoms with Crippen molar-refractivity contribution in [1.82, 2.24) is 4.90 Å². The maximum Gasteiger partial charge on any atom is 0.387 e. The Morgan fingerprint density at radius 2 is 2.00 bits per heavy atom. The van der Waals surface area contributed by atoms with Gasteiger partial charge in [-0.2, -0.15) is 8.78 Å². The van der Waals surface area contributed by atoms with Crippen LogP contribution in [0.3, 0.4) is 0 Å². The molecule has 2 atom stereocenters. The molecule has 0 radical (unpaired) electrons. The smallest absolute Gasteiger partial charge is 0.387 e. The second kappa shape index (κ2) is 7.68. The number of likely N-dealkylation sites (tertiary alicyclic amines) is 1. The normalized spacial score (nSPS) is 21.5. The molecule has 0 spiro atoms. The minimum absolute atomic E-state index is 0.0827. The Balaban J connectivity index is 1.89. The molecule has 2 rings (SSSR count). The third-order valence-electron chi connectivity index (χ3n) is 3.78. The fourth-order valence-corrected chi connectivity index (χ4v) is 2.69. The van der Waals surface area contributed by atoms with E-state index in [-0.39, 0.29) is 18.3 Å². The monoisotopic (exact) mass is 301 g/mol. The Morgan fingerprint density at radius 1 is 1.29 bits per heavy atom. The van der Waals surface area contributed by atoms with E-state index in [1.54, 1.807) is 12.1 Å². The van der Waals surface area contributed by atoms with Crippen LogP contribution in [0, 0.1) is 5.92 Å². The number of alkyl halides is 2. The molecule has 1 heterocycles. The second-order valence-corrected chi connectivity index (χ2v) is 5.41. The molecule has 1 aromatic rings. The number of hydrogen-bond acceptors (Lipinski definition) is 4. The van der Waals surface area contributed by atoms with Crippen LogP contribution >= 0.6 is 0 Å². The predicted octanol–water partition coefficient (Wildman–Crippen LogP) is 2.03. The highest BCUT2D eigenvalue weighted by molar-refractivity contribution is 5.28. The van der Waals surface area contributed by atoms with E-state index in [1.165, 1.54) is 12.1 Å². The summed E-state index contributed by atoms with van der Waals surface area (Å²) in [5.74, 6) is 0.354. The lowest BCUT2D eigenvalue weighted by atomic mass is 9.98. The summed E-state index contributed by atoms with van der Waals surface area (Å²) >= 11 is 0. The standard InChI is InChI=1S/C15H21F2NO3/c16-15(17)21-13-5-3-12(4-6-13)14(20)9-18-7-1-2-11(8-18)10-19/h3-6,11,14-15,19-20H,1-2,7-10H2. The number of β-amino-alcohol motifs (C(OH)–C–C–N with tert-alkyl or cyclic N) is 1. The van der Waals surface area contributed by atoms with Crippen LogP contribution in [-0.4, -0.2) is 48.0 Å². The van der Waals surface area contributed by atoms with Crippen molar-refractivity contribution >= 4 is 0 Å². The van der Waals surface area contributed by atoms with Gasteiger partial charge < -0.3 is 19.8 Å². The minimum atomic E-state index is -2.84. The molecule has 0 amide bonds. The predicted molar refractivity (Wildman–Crippen MR) is 74.3 cm³/mol. The van der Waals surface area contributed by atoms with Crippen LogP contribution in [0.1, 0.15) is 24.5 Å². The van der Waals surface area contributed by atoms with Gasteiger partial charge in [0.1, 0.15) is 5.75 Å². The molecule has 0 aromatic heterocycles. The summed E-state index contributed by atoms with van der Waals surface area (Å²) in [7, 11) is 0. The van der Waals surface area contributed by atoms with Gasteiger partial charge in [0.15, 0.2) is 0 Å². The molecule has 2 unspecified atom stereocenters. The maximum absolute atomic E-state index is 12.1. The number of aliphatic hydroxyl groups is 2. The molecule has 1 aliphatic heterocycles. The van der Waals surface area contributed by atoms with E-state index in [1.807, 2.05) is 0 Å². The molecule has 1 fully saturated rings. The number of benzene rings is 1. The van der Waals surface area contributed by atoms with Crippen molar-refractivity contribution in [3.63, 3.8) is 0 Å². The molecule has 1 aliphatic rings. The maximum atomic E-state index is 12.1. The molecule has 2 N–H and O–H groups in total. The average molecular weight is 301 g/mol. The summed E-state index contributed by atoms with van der Waals surface area (Å²) < 4.78 is 28.4. The highest BCUT2D eigenvalue weighted by Crippen LogP contribution is 2.22. The van der Waals surface area contributed by atoms with Gasteiger partial charge in [-0.3, -0.25) is 0 Å². The van der Waals surface area contributed by atoms with Gasteiger partial charge in [-0.15, -0.1) is 0 Å². The van der Waals surface area contributed by atoms with Gasteiger partial charge in [0.25, 0.3) is 0 Å². The first-order chi connectivity index (χ1) is 10.1. The molecule has 6 heteroatoms. The van der Waals surface area contributed by atoms with Crippen molar-refractivity contribution in [1.29, 1.82) is 0 Å². The molecule has 118 valence electrons. The van der Waals surface area contributed by atoms with Crippen LogP contribution in [-0.2, 0) is 0 Å². The fourth-order valence-electron chi connectivity index (χ4n) is 2.69. The quantitative estimate of drug-likeness (QED) is 0.844. The molecule has 1 saturated heterocycles. The topological polar surface area (TPSA) is 52.9 Å². The van der Waals surface area contributed by atoms with E-state index in [4.69, 9.17) is 0 Å². The largest absolute Gasteiger partial charge is 0.435 e. The number of halogens is 2. The van der Waals surface area contributed by atoms with E-state index < -0.39 is 12.7 Å². The van der Waals surface area contributed by atoms with Crippen LogP contribution in [0.5, 0.6) is 5.75 Å². The number of nitrogens with zero attached hydrogens (tertiary/aromatic N) is 1. The van der Waals surface area contributed by atoms with Gasteiger partial charge in [0, 0.05) is 19.7 Å². The van der Waals surface area contributed by atoms with Crippen molar-refractivity contribution in [3.05, 3.63) is 29.8 Å². The highest BCUT2D eigenvalue weighted by atomic mass is 19.3. The summed E-state index contributed by atoms with van der Waals surface area (Å²) in [6, 6.07) is 6.04. The first kappa shape index (κ1) is 16.1. The molecular weight excluding hydrogens is 280 g/mol. The minimum Gasteiger partial charge on any atom is -0.435 e. The molecule has 0 aliphatic carbocycles. The average Bonchev–Trinajstić information content (AvgIpc) is 2.47. The molecule has 4 nitrogen and oxygen atoms in total. The lowest BCUT2D eigenvalue weighted by Gasteiger charge is -2.33. The zero-order chi connectivity index (χ0) is 15.2. The summed E-state index contributed by atoms with van der Waals surface area (Å²) in [5.41, 5.74) is 0.669. The molecule has 21 heavy (non-hydrogen) atoms. The van der Waals surface area contributed by atoms with Crippen molar-refractivity contribution in [2.75, 3.05) is 26.2 Å². The van der Waals surface area contributed by atoms with Crippen LogP contribution in [0.25, 0.3) is 0 Å². The van der Waals surface area contributed by atoms with E-state index in [0.717, 1.165) is 25.9 Å². The lowest BCUT2D eigenvalue weighted by molar-refractivity contribution is -0.0498. The first-order valence-corrected chi connectivity index (χ1v) is 7.14. The van der Waals surface area contributed by atoms with Crippen LogP contribution < -0.4 is 4.74 Å². The third kappa shape index (κ3) is 4.91. The van der Waals surface area contributed by atoms with Crippen LogP contribution in [0.15, 0.2) is 24.3 Å². The zero-order valence-electron chi connectivity index (χ0n) is 11.8. The van der Waals surface area contributed by atoms with Gasteiger partial charge in [-0.1, -0.05) is 12.1 Å². The molecule has 0 saturated carbocycles. The van der Waals surface area contributed by atoms with Crippen molar-refractivity contribution in [2.24, 2.45) is 5.92 Å². The third-order valence-corrected chi connectivity index (χ3v) is 3.78. The Labute approximate surface area is 123 Å². The Hall–Kier alpha value is -1.24. The number of piperidine rings is 1. The summed E-state index contributed by atoms with van der Waals surface area (Å²) in [6.45, 7) is -0.512. The SMILES string of the molecule is OCC1CCCN(CC(O)c2ccc(OC(F)F)cc2)C1. The molecular formula is C15H21F2NO3. The number of ether oxygens (including phenoxy) is 1. The van der Waals surface area contributed by atoms with Gasteiger partial charge >= 0.3 is 6.61 Å². The van der Waals surface area contributed by atoms with Crippen molar-refractivity contribution in [3.8, 4) is 5.75 Å². The first-order valence-electron chi connectivity index (χ1n) is 7.14. The lowest BCUT2D eigenvalue weighted by Crippen LogP contribution is -2.39. The van der Waals surface area contributed by atoms with Gasteiger partial charge in [-0.05, 0) is 43.0 Å². The Kier molecular flexibility index (Phi) is 5.90. The number of rotatable bonds is 6. The number of hydrogen-bond donors (Lipinski definition) is 2. The molecule has 0 bridgehead atoms. The molecule has 1 aromatic carbocycles. The van der Waals surface area contributed by atoms with Crippen molar-refractivity contribution < 1.29 is 23.7 Å². The summed E-state index contributed by atoms with van der Waals surface area (Å²) in [5, 5.41) is 19.4. The van der Waals surface area contributed by atoms with Gasteiger partial charge in [0.2, 0.25) is 0 Å². The number of aliphatic hydroxyl groups excluding tert-OH is 2. The van der Waals surface area contributed by atoms with Crippen LogP contribution in [0.4, 0.5) is 8.78 Å². The van der Waals surface area contributed by atoms with E-state index in [2.05, 4.69) is 9.64 Å². The fraction of sp³-hybridized carbons (Fsp3) is 0.600. The Morgan fingerprint density at radius 3 is 2.62 bits per heavy atom. The highest BCUT2D eigenvalue weighted by Gasteiger charge is 2.21. The van der Waals surface area contributed by atoms with Gasteiger partial charge in [0.05, 0.1) is 6.10 Å². The van der Waals surface area contributed by atoms with E-state index in [0.29, 0.717) is 12.1 Å².